The molecule has 35 heavy (non-hydrogen) atoms. The smallest absolute Gasteiger partial charge is 0.411 e. The summed E-state index contributed by atoms with van der Waals surface area (Å²) in [6, 6.07) is 11.3. The van der Waals surface area contributed by atoms with Crippen LogP contribution in [-0.4, -0.2) is 51.9 Å². The molecule has 0 fully saturated rings. The van der Waals surface area contributed by atoms with Crippen LogP contribution < -0.4 is 10.1 Å². The molecule has 194 valence electrons. The first kappa shape index (κ1) is 28.7. The zero-order valence-electron chi connectivity index (χ0n) is 22.0. The second-order valence-corrected chi connectivity index (χ2v) is 11.8. The van der Waals surface area contributed by atoms with Crippen molar-refractivity contribution in [2.75, 3.05) is 18.5 Å². The molecule has 2 amide bonds. The van der Waals surface area contributed by atoms with E-state index in [0.29, 0.717) is 18.0 Å². The highest BCUT2D eigenvalue weighted by Crippen LogP contribution is 2.29. The number of benzene rings is 1. The van der Waals surface area contributed by atoms with Gasteiger partial charge in [0.2, 0.25) is 0 Å². The van der Waals surface area contributed by atoms with Crippen molar-refractivity contribution < 1.29 is 24.2 Å². The van der Waals surface area contributed by atoms with Crippen LogP contribution in [0.25, 0.3) is 0 Å². The van der Waals surface area contributed by atoms with Crippen molar-refractivity contribution in [3.05, 3.63) is 46.7 Å². The number of hydrogen-bond acceptors (Lipinski definition) is 6. The summed E-state index contributed by atoms with van der Waals surface area (Å²) < 4.78 is 11.4. The van der Waals surface area contributed by atoms with E-state index in [-0.39, 0.29) is 0 Å². The lowest BCUT2D eigenvalue weighted by atomic mass is 9.92. The van der Waals surface area contributed by atoms with Crippen molar-refractivity contribution in [1.29, 1.82) is 0 Å². The van der Waals surface area contributed by atoms with Gasteiger partial charge in [-0.2, -0.15) is 0 Å². The minimum Gasteiger partial charge on any atom is -0.494 e. The van der Waals surface area contributed by atoms with Crippen LogP contribution in [0.5, 0.6) is 5.75 Å². The molecule has 0 bridgehead atoms. The summed E-state index contributed by atoms with van der Waals surface area (Å²) in [6.07, 6.45) is 2.42. The van der Waals surface area contributed by atoms with E-state index < -0.39 is 35.3 Å². The highest BCUT2D eigenvalue weighted by molar-refractivity contribution is 7.09. The molecule has 1 heterocycles. The first-order valence-corrected chi connectivity index (χ1v) is 12.8. The van der Waals surface area contributed by atoms with Crippen molar-refractivity contribution in [1.82, 2.24) is 4.90 Å². The van der Waals surface area contributed by atoms with Crippen molar-refractivity contribution in [2.24, 2.45) is 0 Å². The monoisotopic (exact) mass is 504 g/mol. The Morgan fingerprint density at radius 3 is 2.17 bits per heavy atom. The molecule has 0 saturated carbocycles. The molecule has 2 rings (SSSR count). The molecular formula is C27H40N2O5S. The van der Waals surface area contributed by atoms with Crippen molar-refractivity contribution in [3.8, 4) is 5.75 Å². The zero-order chi connectivity index (χ0) is 26.3. The lowest BCUT2D eigenvalue weighted by molar-refractivity contribution is -0.134. The summed E-state index contributed by atoms with van der Waals surface area (Å²) >= 11 is 1.77. The quantitative estimate of drug-likeness (QED) is 0.395. The number of thiophene rings is 1. The predicted molar refractivity (Wildman–Crippen MR) is 141 cm³/mol. The number of anilines is 1. The maximum absolute atomic E-state index is 13.3. The molecule has 1 aromatic heterocycles. The van der Waals surface area contributed by atoms with E-state index in [1.54, 1.807) is 77.1 Å². The van der Waals surface area contributed by atoms with Gasteiger partial charge in [-0.05, 0) is 103 Å². The highest BCUT2D eigenvalue weighted by atomic mass is 32.1. The molecule has 0 saturated heterocycles. The Morgan fingerprint density at radius 1 is 1.00 bits per heavy atom. The number of nitrogens with one attached hydrogen (secondary N) is 1. The van der Waals surface area contributed by atoms with E-state index in [1.807, 2.05) is 0 Å². The fourth-order valence-electron chi connectivity index (χ4n) is 3.71. The summed E-state index contributed by atoms with van der Waals surface area (Å²) in [5.74, 6) is 0.206. The largest absolute Gasteiger partial charge is 0.494 e. The number of ether oxygens (including phenoxy) is 2. The standard InChI is InChI=1S/C27H40N2O5S/c1-25(2,3)29(24(32)34-26(4,5)6)27(7,19-30)23(31)28-20-13-15-21(16-14-20)33-17-9-8-11-22-12-10-18-35-22/h10,12-16,18,30H,8-9,11,17,19H2,1-7H3,(H,28,31)/t27-/m0/s1. The predicted octanol–water partition coefficient (Wildman–Crippen LogP) is 5.87. The van der Waals surface area contributed by atoms with E-state index in [1.165, 1.54) is 16.7 Å². The van der Waals surface area contributed by atoms with Crippen LogP contribution in [0.2, 0.25) is 0 Å². The minimum atomic E-state index is -1.54. The van der Waals surface area contributed by atoms with Gasteiger partial charge < -0.3 is 19.9 Å². The molecule has 1 atom stereocenters. The number of carbonyl (C=O) groups is 2. The number of aliphatic hydroxyl groups is 1. The average molecular weight is 505 g/mol. The molecule has 0 aliphatic heterocycles. The number of aliphatic hydroxyl groups excluding tert-OH is 1. The second kappa shape index (κ2) is 11.9. The van der Waals surface area contributed by atoms with Crippen LogP contribution in [0.1, 0.15) is 66.2 Å². The van der Waals surface area contributed by atoms with E-state index in [2.05, 4.69) is 22.8 Å². The minimum absolute atomic E-state index is 0.511. The van der Waals surface area contributed by atoms with E-state index >= 15 is 0 Å². The summed E-state index contributed by atoms with van der Waals surface area (Å²) in [4.78, 5) is 29.0. The number of aryl methyl sites for hydroxylation is 1. The lowest BCUT2D eigenvalue weighted by Gasteiger charge is -2.46. The molecule has 0 unspecified atom stereocenters. The topological polar surface area (TPSA) is 88.1 Å². The van der Waals surface area contributed by atoms with Crippen molar-refractivity contribution in [2.45, 2.75) is 84.4 Å². The van der Waals surface area contributed by atoms with Crippen LogP contribution in [-0.2, 0) is 16.0 Å². The molecule has 8 heteroatoms. The number of amides is 2. The van der Waals surface area contributed by atoms with Gasteiger partial charge in [0.25, 0.3) is 5.91 Å². The average Bonchev–Trinajstić information content (AvgIpc) is 3.25. The Balaban J connectivity index is 2.00. The Kier molecular flexibility index (Phi) is 9.75. The molecule has 1 aromatic carbocycles. The highest BCUT2D eigenvalue weighted by Gasteiger charge is 2.48. The van der Waals surface area contributed by atoms with Crippen molar-refractivity contribution >= 4 is 29.0 Å². The van der Waals surface area contributed by atoms with Crippen LogP contribution in [0.3, 0.4) is 0 Å². The molecule has 2 N–H and O–H groups in total. The molecule has 0 aliphatic rings. The van der Waals surface area contributed by atoms with E-state index in [9.17, 15) is 14.7 Å². The third-order valence-corrected chi connectivity index (χ3v) is 6.25. The van der Waals surface area contributed by atoms with Crippen molar-refractivity contribution in [3.63, 3.8) is 0 Å². The van der Waals surface area contributed by atoms with Gasteiger partial charge in [0, 0.05) is 16.1 Å². The molecule has 7 nitrogen and oxygen atoms in total. The maximum atomic E-state index is 13.3. The summed E-state index contributed by atoms with van der Waals surface area (Å²) in [5, 5.41) is 15.1. The molecule has 2 aromatic rings. The number of unbranched alkanes of at least 4 members (excludes halogenated alkanes) is 1. The first-order chi connectivity index (χ1) is 16.3. The maximum Gasteiger partial charge on any atom is 0.411 e. The van der Waals surface area contributed by atoms with Crippen LogP contribution in [0.15, 0.2) is 41.8 Å². The Labute approximate surface area is 213 Å². The SMILES string of the molecule is CC(C)(C)OC(=O)N(C(C)(C)C)[C@@](C)(CO)C(=O)Nc1ccc(OCCCCc2cccs2)cc1. The first-order valence-electron chi connectivity index (χ1n) is 12.0. The summed E-state index contributed by atoms with van der Waals surface area (Å²) in [6.45, 7) is 12.3. The molecule has 0 aliphatic carbocycles. The van der Waals surface area contributed by atoms with Gasteiger partial charge in [0.15, 0.2) is 0 Å². The van der Waals surface area contributed by atoms with Gasteiger partial charge in [-0.1, -0.05) is 6.07 Å². The molecular weight excluding hydrogens is 464 g/mol. The normalized spacial score (nSPS) is 13.6. The second-order valence-electron chi connectivity index (χ2n) is 10.8. The summed E-state index contributed by atoms with van der Waals surface area (Å²) in [5.41, 5.74) is -2.53. The third-order valence-electron chi connectivity index (χ3n) is 5.32. The van der Waals surface area contributed by atoms with Gasteiger partial charge in [-0.25, -0.2) is 4.79 Å². The lowest BCUT2D eigenvalue weighted by Crippen LogP contribution is -2.66. The third kappa shape index (κ3) is 8.54. The van der Waals surface area contributed by atoms with Gasteiger partial charge in [-0.3, -0.25) is 9.69 Å². The molecule has 0 radical (unpaired) electrons. The van der Waals surface area contributed by atoms with Crippen LogP contribution >= 0.6 is 11.3 Å². The van der Waals surface area contributed by atoms with E-state index in [0.717, 1.165) is 19.3 Å². The van der Waals surface area contributed by atoms with E-state index in [4.69, 9.17) is 9.47 Å². The van der Waals surface area contributed by atoms with Crippen LogP contribution in [0.4, 0.5) is 10.5 Å². The number of rotatable bonds is 10. The number of carbonyl (C=O) groups excluding carboxylic acids is 2. The fourth-order valence-corrected chi connectivity index (χ4v) is 4.46. The Hall–Kier alpha value is -2.58. The van der Waals surface area contributed by atoms with Gasteiger partial charge in [0.1, 0.15) is 16.9 Å². The Morgan fingerprint density at radius 2 is 1.66 bits per heavy atom. The van der Waals surface area contributed by atoms with Gasteiger partial charge in [-0.15, -0.1) is 11.3 Å². The zero-order valence-corrected chi connectivity index (χ0v) is 22.8. The Bertz CT molecular complexity index is 945. The van der Waals surface area contributed by atoms with Crippen LogP contribution in [0, 0.1) is 0 Å². The summed E-state index contributed by atoms with van der Waals surface area (Å²) in [7, 11) is 0. The van der Waals surface area contributed by atoms with Gasteiger partial charge >= 0.3 is 6.09 Å². The molecule has 0 spiro atoms. The number of nitrogens with zero attached hydrogens (tertiary/aromatic N) is 1. The van der Waals surface area contributed by atoms with Gasteiger partial charge in [0.05, 0.1) is 13.2 Å². The number of hydrogen-bond donors (Lipinski definition) is 2. The fraction of sp³-hybridized carbons (Fsp3) is 0.556.